The van der Waals surface area contributed by atoms with E-state index in [-0.39, 0.29) is 33.7 Å². The number of aromatic nitrogens is 22. The van der Waals surface area contributed by atoms with Crippen molar-refractivity contribution in [1.29, 1.82) is 0 Å². The third kappa shape index (κ3) is 16.6. The van der Waals surface area contributed by atoms with Gasteiger partial charge in [-0.3, -0.25) is 0 Å². The summed E-state index contributed by atoms with van der Waals surface area (Å²) in [5.41, 5.74) is 16.2. The molecular formula is C73H95BCl2N28O10. The van der Waals surface area contributed by atoms with Crippen molar-refractivity contribution in [3.63, 3.8) is 0 Å². The number of fused-ring (bicyclic) bond motifs is 10. The molecule has 0 bridgehead atoms. The quantitative estimate of drug-likeness (QED) is 0.105. The predicted octanol–water partition coefficient (Wildman–Crippen LogP) is 5.67. The molecular weight excluding hydrogens is 1510 g/mol. The smallest absolute Gasteiger partial charge is 0.399 e. The monoisotopic (exact) mass is 1600 g/mol. The number of morpholine rings is 4. The van der Waals surface area contributed by atoms with Gasteiger partial charge in [0.05, 0.1) is 95.0 Å². The van der Waals surface area contributed by atoms with E-state index in [4.69, 9.17) is 112 Å². The molecule has 0 spiro atoms. The average molecular weight is 1610 g/mol. The molecule has 0 atom stereocenters. The first-order chi connectivity index (χ1) is 54.4. The number of rotatable bonds is 8. The number of halogens is 2. The molecule has 19 rings (SSSR count). The van der Waals surface area contributed by atoms with Gasteiger partial charge in [-0.1, -0.05) is 0 Å². The molecule has 114 heavy (non-hydrogen) atoms. The van der Waals surface area contributed by atoms with Crippen LogP contribution in [0.1, 0.15) is 112 Å². The molecule has 5 saturated heterocycles. The van der Waals surface area contributed by atoms with Gasteiger partial charge in [0.1, 0.15) is 57.0 Å². The maximum Gasteiger partial charge on any atom is 0.498 e. The van der Waals surface area contributed by atoms with Crippen LogP contribution in [0, 0.1) is 6.92 Å². The molecule has 0 saturated carbocycles. The highest BCUT2D eigenvalue weighted by Gasteiger charge is 2.52. The Hall–Kier alpha value is -9.52. The fraction of sp³-hybridized carbons (Fsp3) is 0.562. The van der Waals surface area contributed by atoms with Crippen molar-refractivity contribution in [2.75, 3.05) is 156 Å². The summed E-state index contributed by atoms with van der Waals surface area (Å²) < 4.78 is 57.6. The fourth-order valence-electron chi connectivity index (χ4n) is 14.1. The number of nitrogens with zero attached hydrogens (tertiary/aromatic N) is 25. The summed E-state index contributed by atoms with van der Waals surface area (Å²) in [6.45, 7) is 40.9. The molecule has 41 heteroatoms. The molecule has 8 aliphatic rings. The van der Waals surface area contributed by atoms with Gasteiger partial charge in [0, 0.05) is 115 Å². The second kappa shape index (κ2) is 31.9. The number of hydrogen-bond donors (Lipinski definition) is 4. The second-order valence-corrected chi connectivity index (χ2v) is 32.0. The van der Waals surface area contributed by atoms with E-state index in [0.29, 0.717) is 119 Å². The lowest BCUT2D eigenvalue weighted by molar-refractivity contribution is -0.0532. The highest BCUT2D eigenvalue weighted by Crippen LogP contribution is 2.41. The third-order valence-corrected chi connectivity index (χ3v) is 21.3. The van der Waals surface area contributed by atoms with Crippen LogP contribution in [-0.4, -0.2) is 257 Å². The Morgan fingerprint density at radius 1 is 0.421 bits per heavy atom. The summed E-state index contributed by atoms with van der Waals surface area (Å²) in [5.74, 6) is 8.55. The van der Waals surface area contributed by atoms with Crippen LogP contribution in [0.3, 0.4) is 0 Å². The minimum Gasteiger partial charge on any atom is -0.399 e. The zero-order chi connectivity index (χ0) is 80.2. The van der Waals surface area contributed by atoms with Gasteiger partial charge in [-0.05, 0) is 113 Å². The molecule has 0 aromatic carbocycles. The number of aryl methyl sites for hydroxylation is 1. The molecule has 19 heterocycles. The lowest BCUT2D eigenvalue weighted by atomic mass is 9.81. The summed E-state index contributed by atoms with van der Waals surface area (Å²) in [4.78, 5) is 92.0. The zero-order valence-electron chi connectivity index (χ0n) is 66.3. The standard InChI is InChI=1S/C19H23N7O2.C18H22N8O2.C14H18ClN5O2.C12H16ClN5O2.C10H16BN3O2/c1-12-20-10-13(11-21-12)15-23-16(25-4-7-27-8-5-25)14-17(24-15)26-6-9-28-19(2,3)18(26)22-14;1-18(2)16-22-12-14(25-3-6-27-7-4-25)23-13(11-9-20-17(19)21-10-11)24-15(12)26(16)5-8-28-18;1-14(2)12-16-9-10(19-3-6-21-7-4-19)17-13(15)18-11(9)20(12)5-8-22-14;1-12(2,19)10-14-7-8(15-10)16-11(13)17-9(7)18-3-5-20-6-4-18;1-9(2)10(3,4)16-11(15-9)7-5-13-8(12)14-6-7/h10-11H,4-9H2,1-3H3;9-10H,3-8H2,1-2H3,(H2,19,20,21);3-8H2,1-2H3;19H,3-6H2,1-2H3,(H,14,15,16,17);5-6H,1-4H3,(H2,12,13,14). The molecule has 0 aliphatic carbocycles. The number of imidazole rings is 4. The van der Waals surface area contributed by atoms with E-state index in [0.717, 1.165) is 151 Å². The number of H-pyrrole nitrogens is 1. The fourth-order valence-corrected chi connectivity index (χ4v) is 14.4. The van der Waals surface area contributed by atoms with Crippen LogP contribution in [0.4, 0.5) is 35.2 Å². The largest absolute Gasteiger partial charge is 0.498 e. The van der Waals surface area contributed by atoms with E-state index in [1.807, 2.05) is 76.2 Å². The summed E-state index contributed by atoms with van der Waals surface area (Å²) in [5, 5.41) is 10.4. The molecule has 0 amide bonds. The topological polar surface area (TPSA) is 431 Å². The van der Waals surface area contributed by atoms with E-state index in [1.165, 1.54) is 0 Å². The van der Waals surface area contributed by atoms with Gasteiger partial charge >= 0.3 is 7.12 Å². The van der Waals surface area contributed by atoms with Crippen molar-refractivity contribution in [3.8, 4) is 22.8 Å². The Labute approximate surface area is 667 Å². The van der Waals surface area contributed by atoms with Crippen molar-refractivity contribution >= 4 is 116 Å². The van der Waals surface area contributed by atoms with Crippen molar-refractivity contribution in [2.24, 2.45) is 0 Å². The first-order valence-corrected chi connectivity index (χ1v) is 38.8. The lowest BCUT2D eigenvalue weighted by Crippen LogP contribution is -2.41. The van der Waals surface area contributed by atoms with E-state index in [1.54, 1.807) is 51.0 Å². The van der Waals surface area contributed by atoms with Gasteiger partial charge in [-0.15, -0.1) is 0 Å². The summed E-state index contributed by atoms with van der Waals surface area (Å²) in [7, 11) is -0.425. The van der Waals surface area contributed by atoms with E-state index in [9.17, 15) is 5.11 Å². The number of aliphatic hydroxyl groups is 1. The minimum atomic E-state index is -1.07. The van der Waals surface area contributed by atoms with Crippen molar-refractivity contribution in [1.82, 2.24) is 108 Å². The lowest BCUT2D eigenvalue weighted by Gasteiger charge is -2.32. The highest BCUT2D eigenvalue weighted by atomic mass is 35.5. The molecule has 604 valence electrons. The SMILES string of the molecule is CC(C)(O)c1nc2nc(Cl)nc(N3CCOCC3)c2[nH]1.CC1(C)OB(c2cnc(N)nc2)OC1(C)C.CC1(C)OCCn2c1nc1c(N3CCOCC3)nc(-c3cnc(N)nc3)nc12.CC1(C)OCCn2c1nc1c(N3CCOCC3)nc(Cl)nc12.Cc1ncc(-c2nc(N3CCOCC3)c3nc4n(c3n2)CCOC4(C)C)cn1. The number of nitrogens with two attached hydrogens (primary N) is 2. The van der Waals surface area contributed by atoms with E-state index >= 15 is 0 Å². The number of nitrogen functional groups attached to an aromatic ring is 2. The van der Waals surface area contributed by atoms with Gasteiger partial charge in [0.2, 0.25) is 22.5 Å². The normalized spacial score (nSPS) is 19.5. The molecule has 11 aromatic heterocycles. The summed E-state index contributed by atoms with van der Waals surface area (Å²) >= 11 is 12.1. The first-order valence-electron chi connectivity index (χ1n) is 38.1. The van der Waals surface area contributed by atoms with Gasteiger partial charge < -0.3 is 97.3 Å². The highest BCUT2D eigenvalue weighted by molar-refractivity contribution is 6.62. The number of nitrogens with one attached hydrogen (secondary N) is 1. The molecule has 5 fully saturated rings. The Bertz CT molecular complexity index is 5090. The van der Waals surface area contributed by atoms with Crippen LogP contribution < -0.4 is 36.5 Å². The number of hydrogen-bond acceptors (Lipinski definition) is 34. The van der Waals surface area contributed by atoms with Gasteiger partial charge in [0.15, 0.2) is 74.1 Å². The Kier molecular flexibility index (Phi) is 22.3. The molecule has 8 aliphatic heterocycles. The van der Waals surface area contributed by atoms with Crippen molar-refractivity contribution in [3.05, 3.63) is 76.9 Å². The molecule has 0 unspecified atom stereocenters. The van der Waals surface area contributed by atoms with Crippen molar-refractivity contribution in [2.45, 2.75) is 143 Å². The Morgan fingerprint density at radius 3 is 1.16 bits per heavy atom. The summed E-state index contributed by atoms with van der Waals surface area (Å²) in [6.07, 6.45) is 10.1. The van der Waals surface area contributed by atoms with Crippen LogP contribution in [0.2, 0.25) is 10.6 Å². The zero-order valence-corrected chi connectivity index (χ0v) is 67.8. The second-order valence-electron chi connectivity index (χ2n) is 31.3. The molecule has 11 aromatic rings. The van der Waals surface area contributed by atoms with E-state index in [2.05, 4.69) is 93.1 Å². The van der Waals surface area contributed by atoms with Crippen LogP contribution in [0.15, 0.2) is 37.2 Å². The van der Waals surface area contributed by atoms with Crippen molar-refractivity contribution < 1.29 is 47.6 Å². The maximum atomic E-state index is 10.1. The molecule has 0 radical (unpaired) electrons. The maximum absolute atomic E-state index is 10.1. The number of aromatic amines is 1. The van der Waals surface area contributed by atoms with Gasteiger partial charge in [-0.25, -0.2) is 69.8 Å². The average Bonchev–Trinajstić information content (AvgIpc) is 1.59. The summed E-state index contributed by atoms with van der Waals surface area (Å²) in [6, 6.07) is 0. The number of anilines is 6. The van der Waals surface area contributed by atoms with Crippen LogP contribution in [0.5, 0.6) is 0 Å². The third-order valence-electron chi connectivity index (χ3n) is 21.0. The predicted molar refractivity (Wildman–Crippen MR) is 425 cm³/mol. The van der Waals surface area contributed by atoms with Crippen LogP contribution >= 0.6 is 23.2 Å². The Morgan fingerprint density at radius 2 is 0.763 bits per heavy atom. The van der Waals surface area contributed by atoms with Crippen LogP contribution in [0.25, 0.3) is 67.4 Å². The van der Waals surface area contributed by atoms with Gasteiger partial charge in [0.25, 0.3) is 0 Å². The molecule has 6 N–H and O–H groups in total. The Balaban J connectivity index is 0.000000114. The molecule has 38 nitrogen and oxygen atoms in total. The van der Waals surface area contributed by atoms with E-state index < -0.39 is 29.5 Å². The van der Waals surface area contributed by atoms with Gasteiger partial charge in [-0.2, -0.15) is 19.9 Å². The minimum absolute atomic E-state index is 0.146. The first kappa shape index (κ1) is 79.7. The van der Waals surface area contributed by atoms with Crippen LogP contribution in [-0.2, 0) is 84.5 Å². The number of ether oxygens (including phenoxy) is 7.